The molecule has 2 heterocycles. The number of nitrogens with zero attached hydrogens (tertiary/aromatic N) is 2. The van der Waals surface area contributed by atoms with Crippen molar-refractivity contribution in [2.24, 2.45) is 0 Å². The van der Waals surface area contributed by atoms with Gasteiger partial charge in [-0.15, -0.1) is 0 Å². The molecule has 0 radical (unpaired) electrons. The smallest absolute Gasteiger partial charge is 0.255 e. The predicted molar refractivity (Wildman–Crippen MR) is 79.7 cm³/mol. The lowest BCUT2D eigenvalue weighted by molar-refractivity contribution is 0.102. The Morgan fingerprint density at radius 2 is 2.00 bits per heavy atom. The number of hydrogen-bond donors (Lipinski definition) is 2. The van der Waals surface area contributed by atoms with Gasteiger partial charge >= 0.3 is 0 Å². The van der Waals surface area contributed by atoms with Crippen molar-refractivity contribution in [3.8, 4) is 0 Å². The van der Waals surface area contributed by atoms with E-state index < -0.39 is 0 Å². The first-order valence-electron chi connectivity index (χ1n) is 6.46. The van der Waals surface area contributed by atoms with Crippen LogP contribution in [0.15, 0.2) is 30.6 Å². The third-order valence-electron chi connectivity index (χ3n) is 2.85. The Hall–Kier alpha value is -2.43. The first-order valence-corrected chi connectivity index (χ1v) is 6.46. The average molecular weight is 270 g/mol. The largest absolute Gasteiger partial charge is 0.384 e. The van der Waals surface area contributed by atoms with Gasteiger partial charge in [0.15, 0.2) is 0 Å². The Labute approximate surface area is 118 Å². The van der Waals surface area contributed by atoms with Crippen LogP contribution >= 0.6 is 0 Å². The predicted octanol–water partition coefficient (Wildman–Crippen LogP) is 2.74. The molecule has 0 aliphatic carbocycles. The Morgan fingerprint density at radius 3 is 2.65 bits per heavy atom. The van der Waals surface area contributed by atoms with E-state index in [2.05, 4.69) is 15.3 Å². The van der Waals surface area contributed by atoms with Crippen LogP contribution in [0.25, 0.3) is 0 Å². The summed E-state index contributed by atoms with van der Waals surface area (Å²) in [7, 11) is 0. The number of nitrogens with one attached hydrogen (secondary N) is 1. The Bertz CT molecular complexity index is 638. The fourth-order valence-electron chi connectivity index (χ4n) is 1.83. The number of rotatable bonds is 3. The molecule has 0 unspecified atom stereocenters. The maximum absolute atomic E-state index is 12.2. The summed E-state index contributed by atoms with van der Waals surface area (Å²) in [6, 6.07) is 5.20. The van der Waals surface area contributed by atoms with Gasteiger partial charge in [0, 0.05) is 17.5 Å². The normalized spacial score (nSPS) is 10.6. The van der Waals surface area contributed by atoms with Gasteiger partial charge in [-0.2, -0.15) is 0 Å². The van der Waals surface area contributed by atoms with E-state index in [0.717, 1.165) is 11.3 Å². The van der Waals surface area contributed by atoms with Crippen LogP contribution in [0.4, 0.5) is 11.5 Å². The van der Waals surface area contributed by atoms with Crippen molar-refractivity contribution in [3.05, 3.63) is 47.4 Å². The number of nitrogen functional groups attached to an aromatic ring is 1. The molecule has 0 bridgehead atoms. The summed E-state index contributed by atoms with van der Waals surface area (Å²) in [5.41, 5.74) is 8.70. The summed E-state index contributed by atoms with van der Waals surface area (Å²) in [4.78, 5) is 20.5. The van der Waals surface area contributed by atoms with Crippen LogP contribution in [0.3, 0.4) is 0 Å². The number of nitrogens with two attached hydrogens (primary N) is 1. The molecule has 20 heavy (non-hydrogen) atoms. The fraction of sp³-hybridized carbons (Fsp3) is 0.267. The highest BCUT2D eigenvalue weighted by atomic mass is 16.1. The number of amides is 1. The Morgan fingerprint density at radius 1 is 1.25 bits per heavy atom. The van der Waals surface area contributed by atoms with Gasteiger partial charge in [0.05, 0.1) is 11.9 Å². The first-order chi connectivity index (χ1) is 9.45. The molecule has 0 saturated heterocycles. The van der Waals surface area contributed by atoms with Crippen molar-refractivity contribution in [2.75, 3.05) is 11.1 Å². The highest BCUT2D eigenvalue weighted by Gasteiger charge is 2.11. The van der Waals surface area contributed by atoms with Gasteiger partial charge in [-0.05, 0) is 36.6 Å². The van der Waals surface area contributed by atoms with Gasteiger partial charge < -0.3 is 11.1 Å². The van der Waals surface area contributed by atoms with Gasteiger partial charge in [0.2, 0.25) is 0 Å². The van der Waals surface area contributed by atoms with E-state index in [1.54, 1.807) is 24.5 Å². The third-order valence-corrected chi connectivity index (χ3v) is 2.85. The molecule has 0 aromatic carbocycles. The van der Waals surface area contributed by atoms with Crippen LogP contribution < -0.4 is 11.1 Å². The molecule has 2 aromatic heterocycles. The molecule has 5 nitrogen and oxygen atoms in total. The van der Waals surface area contributed by atoms with E-state index >= 15 is 0 Å². The highest BCUT2D eigenvalue weighted by Crippen LogP contribution is 2.17. The van der Waals surface area contributed by atoms with Crippen molar-refractivity contribution < 1.29 is 4.79 Å². The molecule has 0 aliphatic heterocycles. The summed E-state index contributed by atoms with van der Waals surface area (Å²) < 4.78 is 0. The number of aryl methyl sites for hydroxylation is 1. The number of carbonyl (C=O) groups is 1. The summed E-state index contributed by atoms with van der Waals surface area (Å²) in [6.07, 6.45) is 3.34. The molecular formula is C15H18N4O. The number of carbonyl (C=O) groups excluding carboxylic acids is 1. The summed E-state index contributed by atoms with van der Waals surface area (Å²) in [6.45, 7) is 5.94. The summed E-state index contributed by atoms with van der Waals surface area (Å²) in [5.74, 6) is 0.350. The molecule has 1 amide bonds. The minimum atomic E-state index is -0.214. The maximum atomic E-state index is 12.2. The molecule has 2 aromatic rings. The van der Waals surface area contributed by atoms with Gasteiger partial charge in [0.1, 0.15) is 5.82 Å². The first kappa shape index (κ1) is 14.0. The molecule has 0 spiro atoms. The number of hydrogen-bond acceptors (Lipinski definition) is 4. The minimum Gasteiger partial charge on any atom is -0.384 e. The van der Waals surface area contributed by atoms with Crippen LogP contribution in [0.2, 0.25) is 0 Å². The van der Waals surface area contributed by atoms with Gasteiger partial charge in [-0.1, -0.05) is 13.8 Å². The van der Waals surface area contributed by atoms with Crippen LogP contribution in [0, 0.1) is 6.92 Å². The quantitative estimate of drug-likeness (QED) is 0.898. The van der Waals surface area contributed by atoms with E-state index in [4.69, 9.17) is 5.73 Å². The second-order valence-corrected chi connectivity index (χ2v) is 5.07. The van der Waals surface area contributed by atoms with Crippen molar-refractivity contribution in [1.29, 1.82) is 0 Å². The van der Waals surface area contributed by atoms with Crippen molar-refractivity contribution >= 4 is 17.4 Å². The highest BCUT2D eigenvalue weighted by molar-refractivity contribution is 6.04. The molecule has 0 atom stereocenters. The fourth-order valence-corrected chi connectivity index (χ4v) is 1.83. The molecule has 5 heteroatoms. The molecule has 2 rings (SSSR count). The zero-order valence-electron chi connectivity index (χ0n) is 11.8. The number of anilines is 2. The lowest BCUT2D eigenvalue weighted by atomic mass is 10.1. The minimum absolute atomic E-state index is 0.214. The molecule has 3 N–H and O–H groups in total. The zero-order chi connectivity index (χ0) is 14.7. The van der Waals surface area contributed by atoms with Crippen molar-refractivity contribution in [3.63, 3.8) is 0 Å². The van der Waals surface area contributed by atoms with E-state index in [9.17, 15) is 4.79 Å². The summed E-state index contributed by atoms with van der Waals surface area (Å²) >= 11 is 0. The summed E-state index contributed by atoms with van der Waals surface area (Å²) in [5, 5.41) is 2.81. The van der Waals surface area contributed by atoms with Crippen molar-refractivity contribution in [1.82, 2.24) is 9.97 Å². The Balaban J connectivity index is 2.25. The monoisotopic (exact) mass is 270 g/mol. The van der Waals surface area contributed by atoms with E-state index in [-0.39, 0.29) is 11.8 Å². The lowest BCUT2D eigenvalue weighted by Gasteiger charge is -2.10. The van der Waals surface area contributed by atoms with Gasteiger partial charge in [-0.3, -0.25) is 9.78 Å². The SMILES string of the molecule is Cc1cncc(NC(=O)c2cc(N)nc(C(C)C)c2)c1. The van der Waals surface area contributed by atoms with Crippen molar-refractivity contribution in [2.45, 2.75) is 26.7 Å². The van der Waals surface area contributed by atoms with Crippen LogP contribution in [0.5, 0.6) is 0 Å². The number of aromatic nitrogens is 2. The average Bonchev–Trinajstić information content (AvgIpc) is 2.37. The van der Waals surface area contributed by atoms with Crippen LogP contribution in [-0.2, 0) is 0 Å². The molecule has 0 saturated carbocycles. The van der Waals surface area contributed by atoms with E-state index in [1.165, 1.54) is 0 Å². The molecule has 0 aliphatic rings. The maximum Gasteiger partial charge on any atom is 0.255 e. The van der Waals surface area contributed by atoms with Gasteiger partial charge in [0.25, 0.3) is 5.91 Å². The molecule has 0 fully saturated rings. The van der Waals surface area contributed by atoms with Gasteiger partial charge in [-0.25, -0.2) is 4.98 Å². The number of pyridine rings is 2. The zero-order valence-corrected chi connectivity index (χ0v) is 11.8. The second-order valence-electron chi connectivity index (χ2n) is 5.07. The standard InChI is InChI=1S/C15H18N4O/c1-9(2)13-5-11(6-14(16)19-13)15(20)18-12-4-10(3)7-17-8-12/h4-9H,1-3H3,(H2,16,19)(H,18,20). The van der Waals surface area contributed by atoms with E-state index in [1.807, 2.05) is 26.8 Å². The van der Waals surface area contributed by atoms with E-state index in [0.29, 0.717) is 17.1 Å². The Kier molecular flexibility index (Phi) is 3.98. The second kappa shape index (κ2) is 5.69. The molecule has 104 valence electrons. The lowest BCUT2D eigenvalue weighted by Crippen LogP contribution is -2.14. The van der Waals surface area contributed by atoms with Crippen LogP contribution in [-0.4, -0.2) is 15.9 Å². The molecular weight excluding hydrogens is 252 g/mol. The van der Waals surface area contributed by atoms with Crippen LogP contribution in [0.1, 0.15) is 41.4 Å². The topological polar surface area (TPSA) is 80.9 Å². The third kappa shape index (κ3) is 3.32.